The first-order chi connectivity index (χ1) is 9.02. The zero-order chi connectivity index (χ0) is 13.5. The Morgan fingerprint density at radius 1 is 1.21 bits per heavy atom. The summed E-state index contributed by atoms with van der Waals surface area (Å²) in [6, 6.07) is 0.689. The van der Waals surface area contributed by atoms with Crippen LogP contribution in [0.15, 0.2) is 0 Å². The molecule has 0 radical (unpaired) electrons. The van der Waals surface area contributed by atoms with E-state index < -0.39 is 10.0 Å². The molecule has 3 heterocycles. The van der Waals surface area contributed by atoms with Crippen LogP contribution in [0.4, 0.5) is 0 Å². The summed E-state index contributed by atoms with van der Waals surface area (Å²) < 4.78 is 24.9. The summed E-state index contributed by atoms with van der Waals surface area (Å²) in [6.07, 6.45) is 4.82. The molecule has 0 aromatic heterocycles. The number of rotatable bonds is 3. The van der Waals surface area contributed by atoms with E-state index in [-0.39, 0.29) is 0 Å². The summed E-state index contributed by atoms with van der Waals surface area (Å²) in [7, 11) is -3.00. The van der Waals surface area contributed by atoms with Gasteiger partial charge in [-0.25, -0.2) is 12.7 Å². The number of hydrogen-bond donors (Lipinski definition) is 1. The zero-order valence-electron chi connectivity index (χ0n) is 11.7. The minimum absolute atomic E-state index is 0.516. The number of likely N-dealkylation sites (tertiary alicyclic amines) is 1. The van der Waals surface area contributed by atoms with Gasteiger partial charge in [-0.1, -0.05) is 0 Å². The number of hydrogen-bond acceptors (Lipinski definition) is 4. The molecule has 6 heteroatoms. The third kappa shape index (κ3) is 3.12. The molecule has 3 aliphatic heterocycles. The predicted octanol–water partition coefficient (Wildman–Crippen LogP) is -0.0483. The fraction of sp³-hybridized carbons (Fsp3) is 1.00. The Labute approximate surface area is 116 Å². The van der Waals surface area contributed by atoms with Gasteiger partial charge in [-0.15, -0.1) is 0 Å². The van der Waals surface area contributed by atoms with E-state index in [4.69, 9.17) is 0 Å². The second kappa shape index (κ2) is 5.31. The molecule has 19 heavy (non-hydrogen) atoms. The first kappa shape index (κ1) is 13.8. The number of sulfonamides is 1. The fourth-order valence-electron chi connectivity index (χ4n) is 3.93. The average Bonchev–Trinajstić information content (AvgIpc) is 2.88. The summed E-state index contributed by atoms with van der Waals surface area (Å²) in [5.41, 5.74) is 0. The van der Waals surface area contributed by atoms with Crippen molar-refractivity contribution in [2.24, 2.45) is 11.8 Å². The molecule has 3 atom stereocenters. The van der Waals surface area contributed by atoms with Gasteiger partial charge in [0.05, 0.1) is 6.26 Å². The second-order valence-electron chi connectivity index (χ2n) is 6.46. The lowest BCUT2D eigenvalue weighted by Crippen LogP contribution is -2.43. The van der Waals surface area contributed by atoms with Crippen LogP contribution in [0.1, 0.15) is 19.3 Å². The second-order valence-corrected chi connectivity index (χ2v) is 8.44. The minimum atomic E-state index is -3.00. The Balaban J connectivity index is 1.53. The monoisotopic (exact) mass is 287 g/mol. The Morgan fingerprint density at radius 2 is 2.05 bits per heavy atom. The van der Waals surface area contributed by atoms with Gasteiger partial charge in [-0.2, -0.15) is 0 Å². The van der Waals surface area contributed by atoms with Crippen LogP contribution in [-0.4, -0.2) is 69.2 Å². The van der Waals surface area contributed by atoms with Crippen LogP contribution in [0, 0.1) is 11.8 Å². The van der Waals surface area contributed by atoms with Crippen LogP contribution in [0.5, 0.6) is 0 Å². The standard InChI is InChI=1S/C13H25N3O2S/c1-19(17,18)16-6-2-3-11(8-16)7-15-9-12-4-5-14-13(12)10-15/h11-14H,2-10H2,1H3/t11?,12-,13+/m0/s1. The molecule has 0 spiro atoms. The lowest BCUT2D eigenvalue weighted by molar-refractivity contribution is 0.194. The van der Waals surface area contributed by atoms with Gasteiger partial charge in [0.25, 0.3) is 0 Å². The Kier molecular flexibility index (Phi) is 3.86. The van der Waals surface area contributed by atoms with Gasteiger partial charge in [0.1, 0.15) is 0 Å². The highest BCUT2D eigenvalue weighted by Crippen LogP contribution is 2.27. The Morgan fingerprint density at radius 3 is 2.79 bits per heavy atom. The molecule has 0 aromatic carbocycles. The Hall–Kier alpha value is -0.170. The maximum absolute atomic E-state index is 11.6. The molecule has 0 bridgehead atoms. The van der Waals surface area contributed by atoms with Crippen molar-refractivity contribution < 1.29 is 8.42 Å². The van der Waals surface area contributed by atoms with Crippen molar-refractivity contribution in [2.75, 3.05) is 45.5 Å². The number of fused-ring (bicyclic) bond motifs is 1. The fourth-order valence-corrected chi connectivity index (χ4v) is 4.87. The van der Waals surface area contributed by atoms with Gasteiger partial charge in [-0.3, -0.25) is 0 Å². The smallest absolute Gasteiger partial charge is 0.211 e. The average molecular weight is 287 g/mol. The van der Waals surface area contributed by atoms with E-state index in [9.17, 15) is 8.42 Å². The van der Waals surface area contributed by atoms with E-state index in [0.29, 0.717) is 18.5 Å². The summed E-state index contributed by atoms with van der Waals surface area (Å²) >= 11 is 0. The molecule has 1 unspecified atom stereocenters. The van der Waals surface area contributed by atoms with Crippen molar-refractivity contribution in [3.8, 4) is 0 Å². The van der Waals surface area contributed by atoms with Gasteiger partial charge in [-0.05, 0) is 37.6 Å². The van der Waals surface area contributed by atoms with E-state index >= 15 is 0 Å². The van der Waals surface area contributed by atoms with Crippen LogP contribution in [0.3, 0.4) is 0 Å². The number of piperidine rings is 1. The molecule has 3 aliphatic rings. The third-order valence-corrected chi connectivity index (χ3v) is 6.18. The largest absolute Gasteiger partial charge is 0.312 e. The van der Waals surface area contributed by atoms with Crippen LogP contribution in [0.25, 0.3) is 0 Å². The van der Waals surface area contributed by atoms with E-state index in [1.54, 1.807) is 4.31 Å². The van der Waals surface area contributed by atoms with Gasteiger partial charge >= 0.3 is 0 Å². The molecule has 0 aromatic rings. The first-order valence-corrected chi connectivity index (χ1v) is 9.28. The SMILES string of the molecule is CS(=O)(=O)N1CCCC(CN2C[C@@H]3CCN[C@@H]3C2)C1. The molecule has 0 saturated carbocycles. The molecule has 1 N–H and O–H groups in total. The van der Waals surface area contributed by atoms with Crippen molar-refractivity contribution in [2.45, 2.75) is 25.3 Å². The topological polar surface area (TPSA) is 52.7 Å². The summed E-state index contributed by atoms with van der Waals surface area (Å²) in [4.78, 5) is 2.54. The zero-order valence-corrected chi connectivity index (χ0v) is 12.5. The molecule has 0 amide bonds. The van der Waals surface area contributed by atoms with E-state index in [1.807, 2.05) is 0 Å². The molecule has 5 nitrogen and oxygen atoms in total. The van der Waals surface area contributed by atoms with Crippen molar-refractivity contribution in [3.63, 3.8) is 0 Å². The predicted molar refractivity (Wildman–Crippen MR) is 75.5 cm³/mol. The maximum atomic E-state index is 11.6. The minimum Gasteiger partial charge on any atom is -0.312 e. The number of nitrogens with one attached hydrogen (secondary N) is 1. The van der Waals surface area contributed by atoms with Crippen molar-refractivity contribution in [1.82, 2.24) is 14.5 Å². The van der Waals surface area contributed by atoms with Crippen LogP contribution >= 0.6 is 0 Å². The first-order valence-electron chi connectivity index (χ1n) is 7.43. The van der Waals surface area contributed by atoms with Gasteiger partial charge in [0.2, 0.25) is 10.0 Å². The van der Waals surface area contributed by atoms with Crippen molar-refractivity contribution in [3.05, 3.63) is 0 Å². The quantitative estimate of drug-likeness (QED) is 0.791. The summed E-state index contributed by atoms with van der Waals surface area (Å²) in [6.45, 7) is 6.03. The third-order valence-electron chi connectivity index (χ3n) is 4.91. The highest BCUT2D eigenvalue weighted by Gasteiger charge is 2.37. The molecule has 3 rings (SSSR count). The van der Waals surface area contributed by atoms with Gasteiger partial charge in [0.15, 0.2) is 0 Å². The molecule has 3 fully saturated rings. The highest BCUT2D eigenvalue weighted by atomic mass is 32.2. The van der Waals surface area contributed by atoms with Crippen LogP contribution in [-0.2, 0) is 10.0 Å². The van der Waals surface area contributed by atoms with Crippen LogP contribution in [0.2, 0.25) is 0 Å². The Bertz CT molecular complexity index is 414. The maximum Gasteiger partial charge on any atom is 0.211 e. The molecule has 3 saturated heterocycles. The normalized spacial score (nSPS) is 37.6. The molecular weight excluding hydrogens is 262 g/mol. The van der Waals surface area contributed by atoms with Gasteiger partial charge < -0.3 is 10.2 Å². The summed E-state index contributed by atoms with van der Waals surface area (Å²) in [5, 5.41) is 3.57. The van der Waals surface area contributed by atoms with Crippen LogP contribution < -0.4 is 5.32 Å². The molecule has 0 aliphatic carbocycles. The summed E-state index contributed by atoms with van der Waals surface area (Å²) in [5.74, 6) is 1.34. The van der Waals surface area contributed by atoms with E-state index in [1.165, 1.54) is 32.2 Å². The van der Waals surface area contributed by atoms with Crippen molar-refractivity contribution >= 4 is 10.0 Å². The molecule has 110 valence electrons. The lowest BCUT2D eigenvalue weighted by atomic mass is 9.99. The van der Waals surface area contributed by atoms with E-state index in [2.05, 4.69) is 10.2 Å². The lowest BCUT2D eigenvalue weighted by Gasteiger charge is -2.33. The van der Waals surface area contributed by atoms with E-state index in [0.717, 1.165) is 32.0 Å². The van der Waals surface area contributed by atoms with Crippen molar-refractivity contribution in [1.29, 1.82) is 0 Å². The molecular formula is C13H25N3O2S. The highest BCUT2D eigenvalue weighted by molar-refractivity contribution is 7.88. The van der Waals surface area contributed by atoms with Gasteiger partial charge in [0, 0.05) is 38.8 Å². The number of nitrogens with zero attached hydrogens (tertiary/aromatic N) is 2.